The van der Waals surface area contributed by atoms with E-state index in [0.29, 0.717) is 0 Å². The summed E-state index contributed by atoms with van der Waals surface area (Å²) in [5.41, 5.74) is -0.882. The van der Waals surface area contributed by atoms with Crippen molar-refractivity contribution in [3.63, 3.8) is 0 Å². The quantitative estimate of drug-likeness (QED) is 0.380. The fourth-order valence-corrected chi connectivity index (χ4v) is 1.12. The van der Waals surface area contributed by atoms with E-state index in [1.807, 2.05) is 13.8 Å². The second kappa shape index (κ2) is 5.73. The molecule has 0 heterocycles. The highest BCUT2D eigenvalue weighted by molar-refractivity contribution is 5.29. The molecule has 86 valence electrons. The normalized spacial score (nSPS) is 9.60. The highest BCUT2D eigenvalue weighted by Gasteiger charge is 2.21. The largest absolute Gasteiger partial charge is 0.206 e. The molecule has 0 bridgehead atoms. The van der Waals surface area contributed by atoms with Crippen LogP contribution in [0.3, 0.4) is 0 Å². The van der Waals surface area contributed by atoms with E-state index in [2.05, 4.69) is 0 Å². The van der Waals surface area contributed by atoms with Crippen molar-refractivity contribution in [1.82, 2.24) is 0 Å². The van der Waals surface area contributed by atoms with Crippen molar-refractivity contribution in [2.45, 2.75) is 34.1 Å². The van der Waals surface area contributed by atoms with Crippen molar-refractivity contribution in [3.05, 3.63) is 34.4 Å². The van der Waals surface area contributed by atoms with Gasteiger partial charge in [0.15, 0.2) is 17.5 Å². The molecule has 0 saturated carbocycles. The molecule has 0 aliphatic carbocycles. The lowest BCUT2D eigenvalue weighted by Crippen LogP contribution is -2.05. The first-order chi connectivity index (χ1) is 7.00. The molecule has 0 atom stereocenters. The van der Waals surface area contributed by atoms with Gasteiger partial charge in [-0.3, -0.25) is 0 Å². The summed E-state index contributed by atoms with van der Waals surface area (Å²) in [6.07, 6.45) is -0.00426. The third-order valence-electron chi connectivity index (χ3n) is 1.93. The zero-order chi connectivity index (χ0) is 12.2. The number of halogens is 4. The summed E-state index contributed by atoms with van der Waals surface area (Å²) in [6.45, 7) is 6.55. The lowest BCUT2D eigenvalue weighted by molar-refractivity contribution is 0.420. The van der Waals surface area contributed by atoms with Gasteiger partial charge in [0.05, 0.1) is 0 Å². The Morgan fingerprint density at radius 3 is 1.67 bits per heavy atom. The smallest absolute Gasteiger partial charge is 0.195 e. The fourth-order valence-electron chi connectivity index (χ4n) is 1.12. The van der Waals surface area contributed by atoms with Gasteiger partial charge >= 0.3 is 0 Å². The van der Waals surface area contributed by atoms with Crippen LogP contribution in [0.15, 0.2) is 0 Å². The van der Waals surface area contributed by atoms with Crippen LogP contribution >= 0.6 is 0 Å². The Balaban J connectivity index is 0.000000921. The predicted octanol–water partition coefficient (Wildman–Crippen LogP) is 4.14. The summed E-state index contributed by atoms with van der Waals surface area (Å²) in [6, 6.07) is 0. The fraction of sp³-hybridized carbons (Fsp3) is 0.455. The van der Waals surface area contributed by atoms with Crippen LogP contribution in [0.2, 0.25) is 0 Å². The molecule has 15 heavy (non-hydrogen) atoms. The predicted molar refractivity (Wildman–Crippen MR) is 51.7 cm³/mol. The first-order valence-electron chi connectivity index (χ1n) is 4.82. The molecule has 0 radical (unpaired) electrons. The minimum Gasteiger partial charge on any atom is -0.206 e. The number of benzene rings is 1. The molecule has 0 aliphatic heterocycles. The molecule has 0 saturated heterocycles. The topological polar surface area (TPSA) is 0 Å². The third kappa shape index (κ3) is 2.49. The number of hydrogen-bond acceptors (Lipinski definition) is 0. The Kier molecular flexibility index (Phi) is 5.33. The first kappa shape index (κ1) is 13.9. The zero-order valence-corrected chi connectivity index (χ0v) is 9.22. The van der Waals surface area contributed by atoms with Crippen LogP contribution in [0.5, 0.6) is 0 Å². The summed E-state index contributed by atoms with van der Waals surface area (Å²) in [7, 11) is 0. The molecular weight excluding hydrogens is 208 g/mol. The molecule has 1 aromatic carbocycles. The second-order valence-corrected chi connectivity index (χ2v) is 2.71. The van der Waals surface area contributed by atoms with E-state index in [4.69, 9.17) is 0 Å². The van der Waals surface area contributed by atoms with Gasteiger partial charge in [-0.05, 0) is 13.3 Å². The SMILES string of the molecule is CC.CCc1c(F)c(C)c(F)c(F)c1F. The first-order valence-corrected chi connectivity index (χ1v) is 4.82. The van der Waals surface area contributed by atoms with Crippen molar-refractivity contribution in [2.75, 3.05) is 0 Å². The van der Waals surface area contributed by atoms with Crippen molar-refractivity contribution in [1.29, 1.82) is 0 Å². The van der Waals surface area contributed by atoms with Gasteiger partial charge in [-0.1, -0.05) is 20.8 Å². The van der Waals surface area contributed by atoms with Crippen LogP contribution in [-0.2, 0) is 6.42 Å². The highest BCUT2D eigenvalue weighted by atomic mass is 19.2. The van der Waals surface area contributed by atoms with Crippen LogP contribution in [0, 0.1) is 30.2 Å². The maximum absolute atomic E-state index is 13.1. The molecule has 0 N–H and O–H groups in total. The van der Waals surface area contributed by atoms with E-state index >= 15 is 0 Å². The molecule has 0 amide bonds. The summed E-state index contributed by atoms with van der Waals surface area (Å²) < 4.78 is 51.3. The van der Waals surface area contributed by atoms with Crippen molar-refractivity contribution in [2.24, 2.45) is 0 Å². The Bertz CT molecular complexity index is 316. The summed E-state index contributed by atoms with van der Waals surface area (Å²) in [5, 5.41) is 0. The zero-order valence-electron chi connectivity index (χ0n) is 9.22. The van der Waals surface area contributed by atoms with Crippen LogP contribution in [-0.4, -0.2) is 0 Å². The molecule has 1 aromatic rings. The van der Waals surface area contributed by atoms with E-state index in [0.717, 1.165) is 6.92 Å². The highest BCUT2D eigenvalue weighted by Crippen LogP contribution is 2.23. The maximum Gasteiger partial charge on any atom is 0.195 e. The average molecular weight is 222 g/mol. The van der Waals surface area contributed by atoms with Gasteiger partial charge in [0.2, 0.25) is 0 Å². The van der Waals surface area contributed by atoms with Crippen molar-refractivity contribution >= 4 is 0 Å². The number of hydrogen-bond donors (Lipinski definition) is 0. The number of rotatable bonds is 1. The van der Waals surface area contributed by atoms with Gasteiger partial charge in [0, 0.05) is 11.1 Å². The van der Waals surface area contributed by atoms with Crippen LogP contribution in [0.1, 0.15) is 31.9 Å². The maximum atomic E-state index is 13.1. The van der Waals surface area contributed by atoms with Crippen LogP contribution in [0.25, 0.3) is 0 Å². The third-order valence-corrected chi connectivity index (χ3v) is 1.93. The van der Waals surface area contributed by atoms with Gasteiger partial charge in [-0.2, -0.15) is 0 Å². The van der Waals surface area contributed by atoms with Gasteiger partial charge < -0.3 is 0 Å². The molecule has 0 unspecified atom stereocenters. The van der Waals surface area contributed by atoms with Gasteiger partial charge in [0.25, 0.3) is 0 Å². The van der Waals surface area contributed by atoms with Crippen LogP contribution in [0.4, 0.5) is 17.6 Å². The summed E-state index contributed by atoms with van der Waals surface area (Å²) in [5.74, 6) is -5.48. The van der Waals surface area contributed by atoms with Gasteiger partial charge in [-0.15, -0.1) is 0 Å². The van der Waals surface area contributed by atoms with Crippen molar-refractivity contribution < 1.29 is 17.6 Å². The standard InChI is InChI=1S/C9H8F4.C2H6/c1-3-5-6(10)4(2)7(11)9(13)8(5)12;1-2/h3H2,1-2H3;1-2H3. The van der Waals surface area contributed by atoms with E-state index in [9.17, 15) is 17.6 Å². The second-order valence-electron chi connectivity index (χ2n) is 2.71. The molecule has 0 aromatic heterocycles. The lowest BCUT2D eigenvalue weighted by atomic mass is 10.1. The Labute approximate surface area is 86.9 Å². The van der Waals surface area contributed by atoms with E-state index < -0.39 is 34.4 Å². The van der Waals surface area contributed by atoms with E-state index in [1.165, 1.54) is 6.92 Å². The van der Waals surface area contributed by atoms with Crippen molar-refractivity contribution in [3.8, 4) is 0 Å². The average Bonchev–Trinajstić information content (AvgIpc) is 2.27. The summed E-state index contributed by atoms with van der Waals surface area (Å²) in [4.78, 5) is 0. The minimum absolute atomic E-state index is 0.00426. The molecule has 4 heteroatoms. The Hall–Kier alpha value is -1.06. The molecule has 1 rings (SSSR count). The van der Waals surface area contributed by atoms with E-state index in [1.54, 1.807) is 0 Å². The molecule has 0 spiro atoms. The molecule has 0 aliphatic rings. The molecule has 0 fully saturated rings. The lowest BCUT2D eigenvalue weighted by Gasteiger charge is -2.07. The van der Waals surface area contributed by atoms with Gasteiger partial charge in [0.1, 0.15) is 5.82 Å². The Morgan fingerprint density at radius 2 is 1.27 bits per heavy atom. The monoisotopic (exact) mass is 222 g/mol. The van der Waals surface area contributed by atoms with E-state index in [-0.39, 0.29) is 6.42 Å². The molecular formula is C11H14F4. The van der Waals surface area contributed by atoms with Crippen LogP contribution < -0.4 is 0 Å². The minimum atomic E-state index is -1.60. The molecule has 0 nitrogen and oxygen atoms in total. The van der Waals surface area contributed by atoms with Gasteiger partial charge in [-0.25, -0.2) is 17.6 Å². The Morgan fingerprint density at radius 1 is 0.800 bits per heavy atom. The summed E-state index contributed by atoms with van der Waals surface area (Å²) >= 11 is 0.